The first-order chi connectivity index (χ1) is 16.1. The molecule has 5 rings (SSSR count). The molecule has 1 spiro atoms. The fourth-order valence-electron chi connectivity index (χ4n) is 6.36. The lowest BCUT2D eigenvalue weighted by Gasteiger charge is -2.59. The molecule has 1 aromatic carbocycles. The second-order valence-electron chi connectivity index (χ2n) is 9.71. The van der Waals surface area contributed by atoms with Crippen molar-refractivity contribution in [3.63, 3.8) is 0 Å². The summed E-state index contributed by atoms with van der Waals surface area (Å²) in [5.41, 5.74) is -0.147. The minimum Gasteiger partial charge on any atom is -0.504 e. The van der Waals surface area contributed by atoms with Crippen LogP contribution in [0.25, 0.3) is 0 Å². The maximum Gasteiger partial charge on any atom is 0.333 e. The minimum atomic E-state index is -1.80. The molecule has 10 nitrogen and oxygen atoms in total. The van der Waals surface area contributed by atoms with Crippen LogP contribution in [0.5, 0.6) is 11.5 Å². The molecular formula is C24H27NO9. The van der Waals surface area contributed by atoms with E-state index in [9.17, 15) is 29.7 Å². The number of amides is 1. The van der Waals surface area contributed by atoms with E-state index in [0.29, 0.717) is 18.6 Å². The Bertz CT molecular complexity index is 1110. The SMILES string of the molecule is C[C@H](NC(=O)[C@@H](O)CC(=O)O)C(=O)OC1=CC[C@@]2(O)[C@@H]3CCC[C@@]24c2c(ccc(O)c2O[C@@H]14)C3. The van der Waals surface area contributed by atoms with Crippen LogP contribution in [-0.4, -0.2) is 62.1 Å². The van der Waals surface area contributed by atoms with E-state index in [2.05, 4.69) is 5.32 Å². The van der Waals surface area contributed by atoms with Crippen molar-refractivity contribution in [2.75, 3.05) is 0 Å². The van der Waals surface area contributed by atoms with Gasteiger partial charge < -0.3 is 35.2 Å². The molecule has 1 saturated carbocycles. The number of hydrogen-bond acceptors (Lipinski definition) is 8. The maximum atomic E-state index is 12.8. The van der Waals surface area contributed by atoms with Gasteiger partial charge in [0.2, 0.25) is 5.91 Å². The molecule has 5 N–H and O–H groups in total. The van der Waals surface area contributed by atoms with Crippen molar-refractivity contribution in [3.8, 4) is 11.5 Å². The first kappa shape index (κ1) is 22.7. The normalized spacial score (nSPS) is 31.9. The molecular weight excluding hydrogens is 446 g/mol. The molecule has 0 radical (unpaired) electrons. The summed E-state index contributed by atoms with van der Waals surface area (Å²) in [6, 6.07) is 2.27. The summed E-state index contributed by atoms with van der Waals surface area (Å²) >= 11 is 0. The van der Waals surface area contributed by atoms with Gasteiger partial charge in [0.1, 0.15) is 17.9 Å². The van der Waals surface area contributed by atoms with Gasteiger partial charge in [-0.3, -0.25) is 9.59 Å². The van der Waals surface area contributed by atoms with E-state index in [1.165, 1.54) is 6.92 Å². The number of aromatic hydroxyl groups is 1. The monoisotopic (exact) mass is 473 g/mol. The van der Waals surface area contributed by atoms with E-state index in [4.69, 9.17) is 14.6 Å². The molecule has 1 aromatic rings. The zero-order valence-electron chi connectivity index (χ0n) is 18.6. The Morgan fingerprint density at radius 3 is 2.82 bits per heavy atom. The zero-order chi connectivity index (χ0) is 24.4. The summed E-state index contributed by atoms with van der Waals surface area (Å²) in [5.74, 6) is -2.69. The van der Waals surface area contributed by atoms with Crippen LogP contribution in [0.3, 0.4) is 0 Å². The topological polar surface area (TPSA) is 163 Å². The maximum absolute atomic E-state index is 12.8. The summed E-state index contributed by atoms with van der Waals surface area (Å²) in [6.45, 7) is 1.36. The van der Waals surface area contributed by atoms with E-state index in [-0.39, 0.29) is 23.8 Å². The number of rotatable bonds is 6. The molecule has 182 valence electrons. The first-order valence-electron chi connectivity index (χ1n) is 11.4. The molecule has 1 aliphatic heterocycles. The molecule has 34 heavy (non-hydrogen) atoms. The first-order valence-corrected chi connectivity index (χ1v) is 11.4. The third-order valence-corrected chi connectivity index (χ3v) is 7.86. The number of ether oxygens (including phenoxy) is 2. The molecule has 0 aromatic heterocycles. The Morgan fingerprint density at radius 1 is 1.32 bits per heavy atom. The van der Waals surface area contributed by atoms with E-state index >= 15 is 0 Å². The predicted octanol–water partition coefficient (Wildman–Crippen LogP) is 0.649. The van der Waals surface area contributed by atoms with Crippen molar-refractivity contribution in [2.45, 2.75) is 74.7 Å². The number of carbonyl (C=O) groups excluding carboxylic acids is 2. The molecule has 1 fully saturated rings. The van der Waals surface area contributed by atoms with Crippen molar-refractivity contribution in [1.82, 2.24) is 5.32 Å². The average Bonchev–Trinajstić information content (AvgIpc) is 3.12. The van der Waals surface area contributed by atoms with Gasteiger partial charge in [-0.25, -0.2) is 4.79 Å². The van der Waals surface area contributed by atoms with Gasteiger partial charge >= 0.3 is 11.9 Å². The Labute approximate surface area is 195 Å². The number of aliphatic carboxylic acids is 1. The third kappa shape index (κ3) is 3.05. The van der Waals surface area contributed by atoms with Gasteiger partial charge in [0, 0.05) is 5.56 Å². The number of nitrogens with one attached hydrogen (secondary N) is 1. The third-order valence-electron chi connectivity index (χ3n) is 7.86. The Morgan fingerprint density at radius 2 is 2.09 bits per heavy atom. The van der Waals surface area contributed by atoms with E-state index in [0.717, 1.165) is 24.0 Å². The van der Waals surface area contributed by atoms with Crippen LogP contribution in [-0.2, 0) is 31.0 Å². The second kappa shape index (κ2) is 7.71. The molecule has 0 unspecified atom stereocenters. The highest BCUT2D eigenvalue weighted by atomic mass is 16.6. The van der Waals surface area contributed by atoms with Crippen LogP contribution in [0.1, 0.15) is 50.2 Å². The smallest absolute Gasteiger partial charge is 0.333 e. The molecule has 1 heterocycles. The van der Waals surface area contributed by atoms with E-state index in [1.54, 1.807) is 12.1 Å². The summed E-state index contributed by atoms with van der Waals surface area (Å²) in [4.78, 5) is 35.5. The molecule has 10 heteroatoms. The van der Waals surface area contributed by atoms with Gasteiger partial charge in [0.15, 0.2) is 17.6 Å². The van der Waals surface area contributed by atoms with Crippen molar-refractivity contribution in [2.24, 2.45) is 5.92 Å². The number of phenols is 1. The standard InChI is InChI=1S/C24H27NO9/c1-11(25-21(30)15(27)10-17(28)29)22(31)33-16-6-8-24(32)13-3-2-7-23(24)18-12(9-13)4-5-14(26)19(18)34-20(16)23/h4-6,11,13,15,20,26-27,32H,2-3,7-10H2,1H3,(H,25,30)(H,28,29)/t11-,13+,15-,20-,23-,24+/m0/s1. The van der Waals surface area contributed by atoms with Crippen LogP contribution in [0, 0.1) is 5.92 Å². The number of carbonyl (C=O) groups is 3. The highest BCUT2D eigenvalue weighted by molar-refractivity contribution is 5.89. The number of benzene rings is 1. The van der Waals surface area contributed by atoms with Crippen molar-refractivity contribution < 1.29 is 44.3 Å². The summed E-state index contributed by atoms with van der Waals surface area (Å²) in [6.07, 6.45) is 1.50. The predicted molar refractivity (Wildman–Crippen MR) is 115 cm³/mol. The van der Waals surface area contributed by atoms with Crippen LogP contribution in [0.15, 0.2) is 24.0 Å². The number of hydrogen-bond donors (Lipinski definition) is 5. The number of aliphatic hydroxyl groups excluding tert-OH is 1. The van der Waals surface area contributed by atoms with Gasteiger partial charge in [-0.2, -0.15) is 0 Å². The van der Waals surface area contributed by atoms with Gasteiger partial charge in [-0.1, -0.05) is 12.5 Å². The fraction of sp³-hybridized carbons (Fsp3) is 0.542. The molecule has 3 aliphatic carbocycles. The van der Waals surface area contributed by atoms with Crippen molar-refractivity contribution >= 4 is 17.8 Å². The highest BCUT2D eigenvalue weighted by Gasteiger charge is 2.70. The highest BCUT2D eigenvalue weighted by Crippen LogP contribution is 2.67. The Balaban J connectivity index is 1.41. The number of carboxylic acid groups (broad SMARTS) is 1. The van der Waals surface area contributed by atoms with Crippen molar-refractivity contribution in [3.05, 3.63) is 35.1 Å². The second-order valence-corrected chi connectivity index (χ2v) is 9.71. The lowest BCUT2D eigenvalue weighted by Crippen LogP contribution is -2.67. The molecule has 1 amide bonds. The van der Waals surface area contributed by atoms with Crippen LogP contribution >= 0.6 is 0 Å². The van der Waals surface area contributed by atoms with Gasteiger partial charge in [0.25, 0.3) is 0 Å². The lowest BCUT2D eigenvalue weighted by molar-refractivity contribution is -0.161. The van der Waals surface area contributed by atoms with E-state index in [1.807, 2.05) is 6.07 Å². The average molecular weight is 473 g/mol. The molecule has 4 aliphatic rings. The number of phenolic OH excluding ortho intramolecular Hbond substituents is 1. The number of aliphatic hydroxyl groups is 2. The summed E-state index contributed by atoms with van der Waals surface area (Å²) in [5, 5.41) is 43.1. The Hall–Kier alpha value is -3.11. The molecule has 6 atom stereocenters. The van der Waals surface area contributed by atoms with Crippen LogP contribution in [0.4, 0.5) is 0 Å². The quantitative estimate of drug-likeness (QED) is 0.373. The van der Waals surface area contributed by atoms with Crippen LogP contribution in [0.2, 0.25) is 0 Å². The van der Waals surface area contributed by atoms with E-state index < -0.39 is 53.5 Å². The zero-order valence-corrected chi connectivity index (χ0v) is 18.6. The van der Waals surface area contributed by atoms with Gasteiger partial charge in [0.05, 0.1) is 17.4 Å². The minimum absolute atomic E-state index is 0.0118. The largest absolute Gasteiger partial charge is 0.504 e. The van der Waals surface area contributed by atoms with Gasteiger partial charge in [-0.05, 0) is 56.2 Å². The van der Waals surface area contributed by atoms with Crippen molar-refractivity contribution in [1.29, 1.82) is 0 Å². The Kier molecular flexibility index (Phi) is 5.14. The number of esters is 1. The van der Waals surface area contributed by atoms with Crippen LogP contribution < -0.4 is 10.1 Å². The number of carboxylic acids is 1. The molecule has 2 bridgehead atoms. The van der Waals surface area contributed by atoms with Gasteiger partial charge in [-0.15, -0.1) is 0 Å². The lowest BCUT2D eigenvalue weighted by atomic mass is 9.47. The summed E-state index contributed by atoms with van der Waals surface area (Å²) in [7, 11) is 0. The molecule has 0 saturated heterocycles. The summed E-state index contributed by atoms with van der Waals surface area (Å²) < 4.78 is 11.8. The fourth-order valence-corrected chi connectivity index (χ4v) is 6.36.